The van der Waals surface area contributed by atoms with Crippen LogP contribution in [-0.2, 0) is 0 Å². The number of piperidine rings is 1. The Kier molecular flexibility index (Phi) is 5.65. The van der Waals surface area contributed by atoms with E-state index in [1.54, 1.807) is 0 Å². The lowest BCUT2D eigenvalue weighted by atomic mass is 9.82. The first-order valence-electron chi connectivity index (χ1n) is 7.65. The summed E-state index contributed by atoms with van der Waals surface area (Å²) < 4.78 is 1.16. The molecule has 1 fully saturated rings. The van der Waals surface area contributed by atoms with Crippen molar-refractivity contribution < 1.29 is 0 Å². The summed E-state index contributed by atoms with van der Waals surface area (Å²) in [6, 6.07) is 9.09. The highest BCUT2D eigenvalue weighted by Crippen LogP contribution is 2.30. The number of likely N-dealkylation sites (tertiary alicyclic amines) is 1. The van der Waals surface area contributed by atoms with Crippen molar-refractivity contribution >= 4 is 15.9 Å². The molecule has 1 saturated heterocycles. The molecule has 2 nitrogen and oxygen atoms in total. The summed E-state index contributed by atoms with van der Waals surface area (Å²) >= 11 is 3.56. The molecule has 1 aliphatic rings. The highest BCUT2D eigenvalue weighted by Gasteiger charge is 2.25. The van der Waals surface area contributed by atoms with Crippen molar-refractivity contribution in [1.29, 1.82) is 0 Å². The molecule has 1 aromatic carbocycles. The van der Waals surface area contributed by atoms with Crippen molar-refractivity contribution in [1.82, 2.24) is 10.2 Å². The molecule has 0 bridgehead atoms. The minimum absolute atomic E-state index is 0.447. The number of hydrogen-bond acceptors (Lipinski definition) is 2. The maximum Gasteiger partial charge on any atom is 0.0330 e. The summed E-state index contributed by atoms with van der Waals surface area (Å²) in [5.41, 5.74) is 1.92. The molecular formula is C17H27BrN2. The molecule has 112 valence electrons. The molecule has 1 atom stereocenters. The van der Waals surface area contributed by atoms with E-state index in [9.17, 15) is 0 Å². The lowest BCUT2D eigenvalue weighted by Crippen LogP contribution is -2.38. The Morgan fingerprint density at radius 1 is 1.30 bits per heavy atom. The van der Waals surface area contributed by atoms with Gasteiger partial charge in [-0.1, -0.05) is 41.9 Å². The SMILES string of the molecule is CNC(CCN1CCC(C)(C)CC1)c1cccc(Br)c1. The monoisotopic (exact) mass is 338 g/mol. The van der Waals surface area contributed by atoms with Crippen LogP contribution in [0.15, 0.2) is 28.7 Å². The Hall–Kier alpha value is -0.380. The maximum absolute atomic E-state index is 3.56. The van der Waals surface area contributed by atoms with E-state index in [0.717, 1.165) is 4.47 Å². The second-order valence-electron chi connectivity index (χ2n) is 6.69. The fourth-order valence-electron chi connectivity index (χ4n) is 2.89. The highest BCUT2D eigenvalue weighted by atomic mass is 79.9. The van der Waals surface area contributed by atoms with Crippen molar-refractivity contribution in [2.45, 2.75) is 39.2 Å². The molecule has 1 heterocycles. The van der Waals surface area contributed by atoms with E-state index in [4.69, 9.17) is 0 Å². The Morgan fingerprint density at radius 2 is 2.00 bits per heavy atom. The van der Waals surface area contributed by atoms with Crippen LogP contribution in [0, 0.1) is 5.41 Å². The van der Waals surface area contributed by atoms with E-state index in [-0.39, 0.29) is 0 Å². The van der Waals surface area contributed by atoms with Crippen LogP contribution in [-0.4, -0.2) is 31.6 Å². The fourth-order valence-corrected chi connectivity index (χ4v) is 3.31. The second kappa shape index (κ2) is 7.06. The zero-order chi connectivity index (χ0) is 14.6. The number of nitrogens with zero attached hydrogens (tertiary/aromatic N) is 1. The van der Waals surface area contributed by atoms with Gasteiger partial charge in [-0.2, -0.15) is 0 Å². The number of hydrogen-bond donors (Lipinski definition) is 1. The highest BCUT2D eigenvalue weighted by molar-refractivity contribution is 9.10. The Labute approximate surface area is 132 Å². The van der Waals surface area contributed by atoms with Gasteiger partial charge >= 0.3 is 0 Å². The maximum atomic E-state index is 3.56. The minimum atomic E-state index is 0.447. The van der Waals surface area contributed by atoms with Crippen LogP contribution in [0.25, 0.3) is 0 Å². The molecular weight excluding hydrogens is 312 g/mol. The molecule has 0 amide bonds. The van der Waals surface area contributed by atoms with E-state index in [1.165, 1.54) is 44.5 Å². The van der Waals surface area contributed by atoms with Crippen LogP contribution < -0.4 is 5.32 Å². The third kappa shape index (κ3) is 4.57. The van der Waals surface area contributed by atoms with Crippen molar-refractivity contribution in [2.75, 3.05) is 26.7 Å². The van der Waals surface area contributed by atoms with E-state index in [2.05, 4.69) is 71.3 Å². The van der Waals surface area contributed by atoms with Gasteiger partial charge in [0.15, 0.2) is 0 Å². The first-order chi connectivity index (χ1) is 9.50. The Morgan fingerprint density at radius 3 is 2.60 bits per heavy atom. The molecule has 0 aromatic heterocycles. The number of halogens is 1. The lowest BCUT2D eigenvalue weighted by Gasteiger charge is -2.37. The first kappa shape index (κ1) is 16.0. The molecule has 1 unspecified atom stereocenters. The number of rotatable bonds is 5. The average Bonchev–Trinajstić information content (AvgIpc) is 2.41. The zero-order valence-corrected chi connectivity index (χ0v) is 14.5. The van der Waals surface area contributed by atoms with Crippen LogP contribution in [0.3, 0.4) is 0 Å². The molecule has 2 rings (SSSR count). The third-order valence-electron chi connectivity index (χ3n) is 4.54. The number of benzene rings is 1. The van der Waals surface area contributed by atoms with E-state index in [0.29, 0.717) is 11.5 Å². The van der Waals surface area contributed by atoms with Gasteiger partial charge in [0.2, 0.25) is 0 Å². The van der Waals surface area contributed by atoms with Crippen LogP contribution in [0.4, 0.5) is 0 Å². The lowest BCUT2D eigenvalue weighted by molar-refractivity contribution is 0.128. The van der Waals surface area contributed by atoms with E-state index >= 15 is 0 Å². The average molecular weight is 339 g/mol. The third-order valence-corrected chi connectivity index (χ3v) is 5.04. The predicted octanol–water partition coefficient (Wildman–Crippen LogP) is 4.22. The number of nitrogens with one attached hydrogen (secondary N) is 1. The van der Waals surface area contributed by atoms with Gasteiger partial charge in [-0.05, 0) is 69.1 Å². The molecule has 0 aliphatic carbocycles. The molecule has 0 radical (unpaired) electrons. The van der Waals surface area contributed by atoms with Crippen molar-refractivity contribution in [3.05, 3.63) is 34.3 Å². The molecule has 1 aromatic rings. The summed E-state index contributed by atoms with van der Waals surface area (Å²) in [4.78, 5) is 2.62. The van der Waals surface area contributed by atoms with Crippen LogP contribution in [0.2, 0.25) is 0 Å². The quantitative estimate of drug-likeness (QED) is 0.864. The van der Waals surface area contributed by atoms with Gasteiger partial charge in [0.05, 0.1) is 0 Å². The largest absolute Gasteiger partial charge is 0.313 e. The summed E-state index contributed by atoms with van der Waals surface area (Å²) in [7, 11) is 2.06. The fraction of sp³-hybridized carbons (Fsp3) is 0.647. The predicted molar refractivity (Wildman–Crippen MR) is 90.0 cm³/mol. The van der Waals surface area contributed by atoms with E-state index in [1.807, 2.05) is 0 Å². The molecule has 0 saturated carbocycles. The van der Waals surface area contributed by atoms with Gasteiger partial charge in [-0.3, -0.25) is 0 Å². The second-order valence-corrected chi connectivity index (χ2v) is 7.61. The summed E-state index contributed by atoms with van der Waals surface area (Å²) in [6.07, 6.45) is 3.83. The molecule has 3 heteroatoms. The van der Waals surface area contributed by atoms with Gasteiger partial charge in [0.1, 0.15) is 0 Å². The van der Waals surface area contributed by atoms with Crippen molar-refractivity contribution in [2.24, 2.45) is 5.41 Å². The van der Waals surface area contributed by atoms with Gasteiger partial charge in [0.25, 0.3) is 0 Å². The van der Waals surface area contributed by atoms with Gasteiger partial charge in [-0.15, -0.1) is 0 Å². The molecule has 1 aliphatic heterocycles. The summed E-state index contributed by atoms with van der Waals surface area (Å²) in [5.74, 6) is 0. The first-order valence-corrected chi connectivity index (χ1v) is 8.44. The minimum Gasteiger partial charge on any atom is -0.313 e. The molecule has 20 heavy (non-hydrogen) atoms. The normalized spacial score (nSPS) is 20.8. The van der Waals surface area contributed by atoms with Crippen molar-refractivity contribution in [3.63, 3.8) is 0 Å². The van der Waals surface area contributed by atoms with E-state index < -0.39 is 0 Å². The molecule has 0 spiro atoms. The standard InChI is InChI=1S/C17H27BrN2/c1-17(2)8-11-20(12-9-17)10-7-16(19-3)14-5-4-6-15(18)13-14/h4-6,13,16,19H,7-12H2,1-3H3. The zero-order valence-electron chi connectivity index (χ0n) is 13.0. The van der Waals surface area contributed by atoms with Crippen LogP contribution in [0.5, 0.6) is 0 Å². The van der Waals surface area contributed by atoms with Gasteiger partial charge in [-0.25, -0.2) is 0 Å². The summed E-state index contributed by atoms with van der Waals surface area (Å²) in [6.45, 7) is 8.47. The topological polar surface area (TPSA) is 15.3 Å². The Bertz CT molecular complexity index is 421. The van der Waals surface area contributed by atoms with Crippen LogP contribution in [0.1, 0.15) is 44.7 Å². The summed E-state index contributed by atoms with van der Waals surface area (Å²) in [5, 5.41) is 3.45. The van der Waals surface area contributed by atoms with Crippen LogP contribution >= 0.6 is 15.9 Å². The van der Waals surface area contributed by atoms with Crippen molar-refractivity contribution in [3.8, 4) is 0 Å². The van der Waals surface area contributed by atoms with Gasteiger partial charge in [0, 0.05) is 10.5 Å². The molecule has 1 N–H and O–H groups in total. The smallest absolute Gasteiger partial charge is 0.0330 e. The Balaban J connectivity index is 1.86. The van der Waals surface area contributed by atoms with Gasteiger partial charge < -0.3 is 10.2 Å².